The maximum atomic E-state index is 11.3. The molecule has 0 bridgehead atoms. The minimum atomic E-state index is -0.595. The van der Waals surface area contributed by atoms with Gasteiger partial charge in [0.2, 0.25) is 17.7 Å². The number of hydrogen-bond acceptors (Lipinski definition) is 8. The lowest BCUT2D eigenvalue weighted by Crippen LogP contribution is -2.48. The van der Waals surface area contributed by atoms with Crippen LogP contribution in [0.4, 0.5) is 17.5 Å². The van der Waals surface area contributed by atoms with E-state index in [1.807, 2.05) is 0 Å². The van der Waals surface area contributed by atoms with E-state index in [1.54, 1.807) is 0 Å². The van der Waals surface area contributed by atoms with Gasteiger partial charge in [0.05, 0.1) is 11.5 Å². The SMILES string of the molecule is NNc1ncc([N+](=O)[O-])c(N2CCNC(=O)C2)n1. The van der Waals surface area contributed by atoms with E-state index in [2.05, 4.69) is 20.7 Å². The van der Waals surface area contributed by atoms with Crippen molar-refractivity contribution in [2.75, 3.05) is 30.0 Å². The number of carbonyl (C=O) groups is 1. The summed E-state index contributed by atoms with van der Waals surface area (Å²) in [7, 11) is 0. The van der Waals surface area contributed by atoms with E-state index in [0.717, 1.165) is 6.20 Å². The lowest BCUT2D eigenvalue weighted by atomic mass is 10.3. The topological polar surface area (TPSA) is 139 Å². The van der Waals surface area contributed by atoms with Gasteiger partial charge in [0.15, 0.2) is 0 Å². The highest BCUT2D eigenvalue weighted by atomic mass is 16.6. The van der Waals surface area contributed by atoms with Crippen LogP contribution in [0, 0.1) is 10.1 Å². The minimum Gasteiger partial charge on any atom is -0.353 e. The molecule has 0 radical (unpaired) electrons. The molecule has 0 unspecified atom stereocenters. The number of nitrogens with zero attached hydrogens (tertiary/aromatic N) is 4. The van der Waals surface area contributed by atoms with Crippen LogP contribution >= 0.6 is 0 Å². The molecule has 1 aliphatic rings. The molecule has 1 amide bonds. The molecule has 0 spiro atoms. The van der Waals surface area contributed by atoms with Gasteiger partial charge in [-0.05, 0) is 0 Å². The molecule has 0 saturated carbocycles. The molecule has 1 aliphatic heterocycles. The van der Waals surface area contributed by atoms with Gasteiger partial charge in [-0.15, -0.1) is 0 Å². The van der Waals surface area contributed by atoms with E-state index in [1.165, 1.54) is 4.90 Å². The van der Waals surface area contributed by atoms with E-state index >= 15 is 0 Å². The number of amides is 1. The van der Waals surface area contributed by atoms with Gasteiger partial charge >= 0.3 is 5.69 Å². The maximum Gasteiger partial charge on any atom is 0.329 e. The second-order valence-corrected chi connectivity index (χ2v) is 3.58. The van der Waals surface area contributed by atoms with Crippen molar-refractivity contribution < 1.29 is 9.72 Å². The number of nitrogens with one attached hydrogen (secondary N) is 2. The van der Waals surface area contributed by atoms with Crippen LogP contribution in [-0.4, -0.2) is 40.4 Å². The molecule has 0 aliphatic carbocycles. The Morgan fingerprint density at radius 3 is 3.00 bits per heavy atom. The first-order chi connectivity index (χ1) is 8.61. The number of anilines is 2. The number of hydrazine groups is 1. The van der Waals surface area contributed by atoms with Crippen LogP contribution in [0.15, 0.2) is 6.20 Å². The van der Waals surface area contributed by atoms with E-state index in [-0.39, 0.29) is 29.9 Å². The van der Waals surface area contributed by atoms with Crippen molar-refractivity contribution in [1.82, 2.24) is 15.3 Å². The van der Waals surface area contributed by atoms with Gasteiger partial charge < -0.3 is 10.2 Å². The zero-order valence-corrected chi connectivity index (χ0v) is 9.29. The van der Waals surface area contributed by atoms with Crippen molar-refractivity contribution in [3.63, 3.8) is 0 Å². The number of aromatic nitrogens is 2. The zero-order chi connectivity index (χ0) is 13.1. The fourth-order valence-electron chi connectivity index (χ4n) is 1.62. The molecule has 10 heteroatoms. The summed E-state index contributed by atoms with van der Waals surface area (Å²) in [4.78, 5) is 30.7. The Morgan fingerprint density at radius 1 is 1.61 bits per heavy atom. The third-order valence-electron chi connectivity index (χ3n) is 2.41. The Hall–Kier alpha value is -2.49. The molecular formula is C8H11N7O3. The largest absolute Gasteiger partial charge is 0.353 e. The summed E-state index contributed by atoms with van der Waals surface area (Å²) in [6.45, 7) is 0.862. The third kappa shape index (κ3) is 2.27. The summed E-state index contributed by atoms with van der Waals surface area (Å²) in [6, 6.07) is 0. The first-order valence-electron chi connectivity index (χ1n) is 5.11. The lowest BCUT2D eigenvalue weighted by molar-refractivity contribution is -0.384. The van der Waals surface area contributed by atoms with Crippen LogP contribution < -0.4 is 21.5 Å². The third-order valence-corrected chi connectivity index (χ3v) is 2.41. The van der Waals surface area contributed by atoms with Gasteiger partial charge in [0.1, 0.15) is 6.20 Å². The van der Waals surface area contributed by atoms with Crippen LogP contribution in [0.1, 0.15) is 0 Å². The second kappa shape index (κ2) is 4.79. The van der Waals surface area contributed by atoms with Crippen LogP contribution in [0.3, 0.4) is 0 Å². The smallest absolute Gasteiger partial charge is 0.329 e. The molecule has 2 heterocycles. The van der Waals surface area contributed by atoms with E-state index < -0.39 is 4.92 Å². The van der Waals surface area contributed by atoms with Gasteiger partial charge in [0.25, 0.3) is 0 Å². The number of nitro groups is 1. The summed E-state index contributed by atoms with van der Waals surface area (Å²) in [5, 5.41) is 13.5. The van der Waals surface area contributed by atoms with E-state index in [0.29, 0.717) is 13.1 Å². The summed E-state index contributed by atoms with van der Waals surface area (Å²) in [6.07, 6.45) is 1.06. The highest BCUT2D eigenvalue weighted by Crippen LogP contribution is 2.26. The van der Waals surface area contributed by atoms with Gasteiger partial charge in [-0.1, -0.05) is 0 Å². The lowest BCUT2D eigenvalue weighted by Gasteiger charge is -2.27. The van der Waals surface area contributed by atoms with Crippen molar-refractivity contribution in [2.45, 2.75) is 0 Å². The molecule has 96 valence electrons. The number of nitrogen functional groups attached to an aromatic ring is 1. The summed E-state index contributed by atoms with van der Waals surface area (Å²) < 4.78 is 0. The van der Waals surface area contributed by atoms with Crippen LogP contribution in [0.5, 0.6) is 0 Å². The van der Waals surface area contributed by atoms with E-state index in [9.17, 15) is 14.9 Å². The molecule has 1 saturated heterocycles. The van der Waals surface area contributed by atoms with Crippen molar-refractivity contribution in [3.8, 4) is 0 Å². The van der Waals surface area contributed by atoms with Gasteiger partial charge in [-0.3, -0.25) is 20.3 Å². The Morgan fingerprint density at radius 2 is 2.39 bits per heavy atom. The van der Waals surface area contributed by atoms with Gasteiger partial charge in [-0.2, -0.15) is 4.98 Å². The first kappa shape index (κ1) is 12.0. The molecule has 1 aromatic heterocycles. The minimum absolute atomic E-state index is 0.0157. The van der Waals surface area contributed by atoms with Gasteiger partial charge in [0, 0.05) is 13.1 Å². The quantitative estimate of drug-likeness (QED) is 0.339. The van der Waals surface area contributed by atoms with Gasteiger partial charge in [-0.25, -0.2) is 10.8 Å². The number of nitrogens with two attached hydrogens (primary N) is 1. The summed E-state index contributed by atoms with van der Waals surface area (Å²) >= 11 is 0. The Kier molecular flexibility index (Phi) is 3.19. The number of piperazine rings is 1. The predicted octanol–water partition coefficient (Wildman–Crippen LogP) is -1.39. The highest BCUT2D eigenvalue weighted by Gasteiger charge is 2.26. The normalized spacial score (nSPS) is 15.2. The molecule has 1 fully saturated rings. The van der Waals surface area contributed by atoms with Crippen molar-refractivity contribution in [1.29, 1.82) is 0 Å². The maximum absolute atomic E-state index is 11.3. The summed E-state index contributed by atoms with van der Waals surface area (Å²) in [5.74, 6) is 5.09. The number of hydrogen-bond donors (Lipinski definition) is 3. The second-order valence-electron chi connectivity index (χ2n) is 3.58. The molecule has 2 rings (SSSR count). The van der Waals surface area contributed by atoms with Crippen molar-refractivity contribution in [3.05, 3.63) is 16.3 Å². The Balaban J connectivity index is 2.39. The van der Waals surface area contributed by atoms with Crippen molar-refractivity contribution >= 4 is 23.4 Å². The fourth-order valence-corrected chi connectivity index (χ4v) is 1.62. The standard InChI is InChI=1S/C8H11N7O3/c9-13-8-11-3-5(15(17)18)7(12-8)14-2-1-10-6(16)4-14/h3H,1-2,4,9H2,(H,10,16)(H,11,12,13). The fraction of sp³-hybridized carbons (Fsp3) is 0.375. The molecule has 18 heavy (non-hydrogen) atoms. The first-order valence-corrected chi connectivity index (χ1v) is 5.11. The van der Waals surface area contributed by atoms with E-state index in [4.69, 9.17) is 5.84 Å². The number of carbonyl (C=O) groups excluding carboxylic acids is 1. The van der Waals surface area contributed by atoms with Crippen molar-refractivity contribution in [2.24, 2.45) is 5.84 Å². The Labute approximate surface area is 101 Å². The average molecular weight is 253 g/mol. The Bertz CT molecular complexity index is 492. The molecular weight excluding hydrogens is 242 g/mol. The average Bonchev–Trinajstić information content (AvgIpc) is 2.38. The molecule has 0 aromatic carbocycles. The molecule has 1 aromatic rings. The highest BCUT2D eigenvalue weighted by molar-refractivity contribution is 5.83. The molecule has 0 atom stereocenters. The molecule has 4 N–H and O–H groups in total. The van der Waals surface area contributed by atoms with Crippen LogP contribution in [0.25, 0.3) is 0 Å². The van der Waals surface area contributed by atoms with Crippen LogP contribution in [0.2, 0.25) is 0 Å². The summed E-state index contributed by atoms with van der Waals surface area (Å²) in [5.41, 5.74) is 1.95. The monoisotopic (exact) mass is 253 g/mol. The number of rotatable bonds is 3. The zero-order valence-electron chi connectivity index (χ0n) is 9.29. The predicted molar refractivity (Wildman–Crippen MR) is 61.7 cm³/mol. The molecule has 10 nitrogen and oxygen atoms in total. The van der Waals surface area contributed by atoms with Crippen LogP contribution in [-0.2, 0) is 4.79 Å².